The van der Waals surface area contributed by atoms with E-state index in [1.807, 2.05) is 0 Å². The largest absolute Gasteiger partial charge is 0.479 e. The Kier molecular flexibility index (Phi) is 4.33. The molecule has 0 amide bonds. The molecule has 4 N–H and O–H groups in total. The van der Waals surface area contributed by atoms with Gasteiger partial charge in [0.2, 0.25) is 15.9 Å². The van der Waals surface area contributed by atoms with Gasteiger partial charge < -0.3 is 20.4 Å². The molecular weight excluding hydrogens is 304 g/mol. The van der Waals surface area contributed by atoms with Crippen molar-refractivity contribution in [1.82, 2.24) is 0 Å². The first-order chi connectivity index (χ1) is 9.43. The Morgan fingerprint density at radius 1 is 1.29 bits per heavy atom. The average Bonchev–Trinajstić information content (AvgIpc) is 2.39. The minimum absolute atomic E-state index is 0.737. The summed E-state index contributed by atoms with van der Waals surface area (Å²) in [5.74, 6) is -5.25. The fourth-order valence-corrected chi connectivity index (χ4v) is 4.16. The van der Waals surface area contributed by atoms with Crippen LogP contribution in [0.1, 0.15) is 13.8 Å². The maximum atomic E-state index is 12.6. The molecule has 0 saturated carbocycles. The number of hydrogen-bond donors (Lipinski definition) is 4. The van der Waals surface area contributed by atoms with Crippen LogP contribution in [0.3, 0.4) is 0 Å². The fourth-order valence-electron chi connectivity index (χ4n) is 2.04. The van der Waals surface area contributed by atoms with E-state index in [0.29, 0.717) is 0 Å². The van der Waals surface area contributed by atoms with Crippen LogP contribution in [0.2, 0.25) is 0 Å². The highest BCUT2D eigenvalue weighted by Crippen LogP contribution is 2.39. The minimum atomic E-state index is -5.03. The molecule has 0 heterocycles. The molecule has 9 heteroatoms. The second-order valence-corrected chi connectivity index (χ2v) is 7.47. The first-order valence-corrected chi connectivity index (χ1v) is 7.38. The number of allylic oxidation sites excluding steroid dienone is 3. The molecular formula is C12H16O8S. The number of rotatable bonds is 5. The molecule has 4 unspecified atom stereocenters. The highest BCUT2D eigenvalue weighted by Gasteiger charge is 2.65. The van der Waals surface area contributed by atoms with Gasteiger partial charge in [0.1, 0.15) is 0 Å². The standard InChI is InChI=1S/C12H16O8S/c1-7-5-3-4-6-11(7,2)21(19,20)12(18,10(16)17)8(13)9(14)15/h3-8,13,18H,1-2H3,(H,14,15)(H,16,17). The summed E-state index contributed by atoms with van der Waals surface area (Å²) in [5.41, 5.74) is 0. The van der Waals surface area contributed by atoms with Crippen molar-refractivity contribution in [3.8, 4) is 0 Å². The zero-order valence-electron chi connectivity index (χ0n) is 11.3. The van der Waals surface area contributed by atoms with Gasteiger partial charge >= 0.3 is 16.9 Å². The van der Waals surface area contributed by atoms with E-state index in [9.17, 15) is 28.2 Å². The normalized spacial score (nSPS) is 29.6. The van der Waals surface area contributed by atoms with Crippen molar-refractivity contribution >= 4 is 21.8 Å². The number of aliphatic hydroxyl groups is 2. The fraction of sp³-hybridized carbons (Fsp3) is 0.500. The van der Waals surface area contributed by atoms with Crippen LogP contribution in [0.5, 0.6) is 0 Å². The quantitative estimate of drug-likeness (QED) is 0.511. The third-order valence-corrected chi connectivity index (χ3v) is 6.63. The smallest absolute Gasteiger partial charge is 0.355 e. The van der Waals surface area contributed by atoms with Crippen molar-refractivity contribution in [2.75, 3.05) is 0 Å². The van der Waals surface area contributed by atoms with Gasteiger partial charge in [-0.25, -0.2) is 18.0 Å². The van der Waals surface area contributed by atoms with Crippen LogP contribution in [-0.2, 0) is 19.4 Å². The van der Waals surface area contributed by atoms with Crippen molar-refractivity contribution < 1.29 is 38.4 Å². The summed E-state index contributed by atoms with van der Waals surface area (Å²) < 4.78 is 23.3. The molecule has 21 heavy (non-hydrogen) atoms. The van der Waals surface area contributed by atoms with E-state index in [1.54, 1.807) is 0 Å². The molecule has 8 nitrogen and oxygen atoms in total. The van der Waals surface area contributed by atoms with E-state index in [4.69, 9.17) is 10.2 Å². The summed E-state index contributed by atoms with van der Waals surface area (Å²) in [4.78, 5) is 18.1. The number of carbonyl (C=O) groups is 2. The Morgan fingerprint density at radius 3 is 2.19 bits per heavy atom. The lowest BCUT2D eigenvalue weighted by Crippen LogP contribution is -2.64. The number of carboxylic acid groups (broad SMARTS) is 2. The van der Waals surface area contributed by atoms with Gasteiger partial charge in [0.25, 0.3) is 0 Å². The molecule has 0 fully saturated rings. The van der Waals surface area contributed by atoms with Crippen LogP contribution >= 0.6 is 0 Å². The van der Waals surface area contributed by atoms with Gasteiger partial charge in [0, 0.05) is 0 Å². The van der Waals surface area contributed by atoms with Gasteiger partial charge in [0.05, 0.1) is 4.75 Å². The lowest BCUT2D eigenvalue weighted by molar-refractivity contribution is -0.171. The second-order valence-electron chi connectivity index (χ2n) is 4.96. The molecule has 0 aromatic rings. The summed E-state index contributed by atoms with van der Waals surface area (Å²) in [7, 11) is -5.03. The topological polar surface area (TPSA) is 149 Å². The maximum absolute atomic E-state index is 12.6. The monoisotopic (exact) mass is 320 g/mol. The van der Waals surface area contributed by atoms with E-state index in [2.05, 4.69) is 0 Å². The lowest BCUT2D eigenvalue weighted by Gasteiger charge is -2.38. The molecule has 4 atom stereocenters. The van der Waals surface area contributed by atoms with Crippen LogP contribution in [0.4, 0.5) is 0 Å². The number of hydrogen-bond acceptors (Lipinski definition) is 6. The predicted octanol–water partition coefficient (Wildman–Crippen LogP) is -0.859. The maximum Gasteiger partial charge on any atom is 0.355 e. The Labute approximate surface area is 120 Å². The van der Waals surface area contributed by atoms with Gasteiger partial charge in [-0.05, 0) is 12.8 Å². The summed E-state index contributed by atoms with van der Waals surface area (Å²) in [6, 6.07) is 0. The zero-order chi connectivity index (χ0) is 16.6. The molecule has 0 aromatic carbocycles. The number of aliphatic hydroxyl groups excluding tert-OH is 1. The van der Waals surface area contributed by atoms with Crippen molar-refractivity contribution in [3.05, 3.63) is 24.3 Å². The third kappa shape index (κ3) is 2.27. The van der Waals surface area contributed by atoms with E-state index in [1.165, 1.54) is 25.2 Å². The summed E-state index contributed by atoms with van der Waals surface area (Å²) >= 11 is 0. The lowest BCUT2D eigenvalue weighted by atomic mass is 9.91. The molecule has 0 spiro atoms. The van der Waals surface area contributed by atoms with Crippen LogP contribution in [0, 0.1) is 5.92 Å². The molecule has 1 aliphatic rings. The second kappa shape index (κ2) is 5.24. The molecule has 0 radical (unpaired) electrons. The molecule has 0 bridgehead atoms. The van der Waals surface area contributed by atoms with Crippen LogP contribution in [0.25, 0.3) is 0 Å². The van der Waals surface area contributed by atoms with Crippen LogP contribution in [-0.4, -0.2) is 56.6 Å². The minimum Gasteiger partial charge on any atom is -0.479 e. The highest BCUT2D eigenvalue weighted by atomic mass is 32.2. The highest BCUT2D eigenvalue weighted by molar-refractivity contribution is 7.95. The Balaban J connectivity index is 3.58. The Morgan fingerprint density at radius 2 is 1.81 bits per heavy atom. The first kappa shape index (κ1) is 17.3. The van der Waals surface area contributed by atoms with Crippen molar-refractivity contribution in [3.63, 3.8) is 0 Å². The van der Waals surface area contributed by atoms with Crippen LogP contribution < -0.4 is 0 Å². The number of aliphatic carboxylic acids is 2. The van der Waals surface area contributed by atoms with Gasteiger partial charge in [-0.2, -0.15) is 0 Å². The summed E-state index contributed by atoms with van der Waals surface area (Å²) in [5, 5.41) is 37.2. The van der Waals surface area contributed by atoms with E-state index in [-0.39, 0.29) is 0 Å². The first-order valence-electron chi connectivity index (χ1n) is 5.89. The SMILES string of the molecule is CC1C=CC=CC1(C)S(=O)(=O)C(O)(C(=O)O)C(O)C(=O)O. The third-order valence-electron chi connectivity index (χ3n) is 3.74. The summed E-state index contributed by atoms with van der Waals surface area (Å²) in [6.45, 7) is 2.61. The Hall–Kier alpha value is -1.71. The van der Waals surface area contributed by atoms with Crippen LogP contribution in [0.15, 0.2) is 24.3 Å². The van der Waals surface area contributed by atoms with Crippen molar-refractivity contribution in [1.29, 1.82) is 0 Å². The Bertz CT molecular complexity index is 619. The molecule has 1 aliphatic carbocycles. The molecule has 0 aromatic heterocycles. The van der Waals surface area contributed by atoms with E-state index in [0.717, 1.165) is 13.0 Å². The van der Waals surface area contributed by atoms with Crippen molar-refractivity contribution in [2.24, 2.45) is 5.92 Å². The van der Waals surface area contributed by atoms with E-state index >= 15 is 0 Å². The van der Waals surface area contributed by atoms with Gasteiger partial charge in [-0.3, -0.25) is 0 Å². The van der Waals surface area contributed by atoms with E-state index < -0.39 is 43.5 Å². The van der Waals surface area contributed by atoms with Gasteiger partial charge in [0.15, 0.2) is 0 Å². The number of carboxylic acids is 2. The van der Waals surface area contributed by atoms with Crippen molar-refractivity contribution in [2.45, 2.75) is 29.6 Å². The average molecular weight is 320 g/mol. The molecule has 0 aliphatic heterocycles. The van der Waals surface area contributed by atoms with Gasteiger partial charge in [-0.15, -0.1) is 0 Å². The molecule has 1 rings (SSSR count). The predicted molar refractivity (Wildman–Crippen MR) is 71.0 cm³/mol. The number of sulfone groups is 1. The zero-order valence-corrected chi connectivity index (χ0v) is 12.1. The summed E-state index contributed by atoms with van der Waals surface area (Å²) in [6.07, 6.45) is 2.47. The molecule has 0 saturated heterocycles. The molecule has 118 valence electrons. The van der Waals surface area contributed by atoms with Gasteiger partial charge in [-0.1, -0.05) is 31.2 Å².